The molecule has 1 atom stereocenters. The maximum absolute atomic E-state index is 11.0. The first-order valence-electron chi connectivity index (χ1n) is 5.09. The minimum atomic E-state index is -0.174. The van der Waals surface area contributed by atoms with Gasteiger partial charge in [-0.3, -0.25) is 4.79 Å². The highest BCUT2D eigenvalue weighted by Crippen LogP contribution is 1.95. The van der Waals surface area contributed by atoms with Gasteiger partial charge in [-0.15, -0.1) is 6.42 Å². The van der Waals surface area contributed by atoms with Crippen LogP contribution in [0.5, 0.6) is 0 Å². The largest absolute Gasteiger partial charge is 0.466 e. The molecular weight excluding hydrogens is 178 g/mol. The topological polar surface area (TPSA) is 38.3 Å². The Hall–Kier alpha value is -1.01. The number of hydrogen-bond donors (Lipinski definition) is 1. The summed E-state index contributed by atoms with van der Waals surface area (Å²) in [5, 5.41) is 3.12. The number of terminal acetylenes is 1. The van der Waals surface area contributed by atoms with Crippen LogP contribution in [0.4, 0.5) is 0 Å². The van der Waals surface area contributed by atoms with E-state index in [9.17, 15) is 4.79 Å². The molecule has 0 amide bonds. The zero-order valence-corrected chi connectivity index (χ0v) is 9.01. The van der Waals surface area contributed by atoms with E-state index in [0.717, 1.165) is 12.8 Å². The molecule has 0 bridgehead atoms. The van der Waals surface area contributed by atoms with Gasteiger partial charge in [-0.25, -0.2) is 0 Å². The Morgan fingerprint density at radius 1 is 1.57 bits per heavy atom. The van der Waals surface area contributed by atoms with Gasteiger partial charge >= 0.3 is 5.97 Å². The summed E-state index contributed by atoms with van der Waals surface area (Å²) in [5.74, 6) is 2.47. The van der Waals surface area contributed by atoms with Crippen LogP contribution in [0.25, 0.3) is 0 Å². The Balaban J connectivity index is 3.51. The lowest BCUT2D eigenvalue weighted by atomic mass is 10.2. The van der Waals surface area contributed by atoms with E-state index in [1.165, 1.54) is 0 Å². The van der Waals surface area contributed by atoms with Crippen LogP contribution in [0.1, 0.15) is 33.1 Å². The summed E-state index contributed by atoms with van der Waals surface area (Å²) in [4.78, 5) is 11.0. The summed E-state index contributed by atoms with van der Waals surface area (Å²) in [6, 6.07) is 0.0782. The van der Waals surface area contributed by atoms with Crippen molar-refractivity contribution < 1.29 is 9.53 Å². The lowest BCUT2D eigenvalue weighted by Crippen LogP contribution is -2.29. The van der Waals surface area contributed by atoms with Gasteiger partial charge in [0.2, 0.25) is 0 Å². The van der Waals surface area contributed by atoms with Gasteiger partial charge in [-0.1, -0.05) is 19.3 Å². The molecule has 0 spiro atoms. The standard InChI is InChI=1S/C11H19NO2/c1-4-7-10(5-2)12-9-8-11(13)14-6-3/h2,10,12H,4,6-9H2,1,3H3. The number of carbonyl (C=O) groups is 1. The monoisotopic (exact) mass is 197 g/mol. The molecule has 0 saturated heterocycles. The summed E-state index contributed by atoms with van der Waals surface area (Å²) < 4.78 is 4.79. The van der Waals surface area contributed by atoms with Crippen molar-refractivity contribution >= 4 is 5.97 Å². The Bertz CT molecular complexity index is 196. The Kier molecular flexibility index (Phi) is 7.96. The lowest BCUT2D eigenvalue weighted by molar-refractivity contribution is -0.142. The molecular formula is C11H19NO2. The third-order valence-electron chi connectivity index (χ3n) is 1.80. The number of hydrogen-bond acceptors (Lipinski definition) is 3. The van der Waals surface area contributed by atoms with Crippen LogP contribution < -0.4 is 5.32 Å². The van der Waals surface area contributed by atoms with Gasteiger partial charge in [-0.05, 0) is 13.3 Å². The smallest absolute Gasteiger partial charge is 0.307 e. The average Bonchev–Trinajstić information content (AvgIpc) is 2.17. The van der Waals surface area contributed by atoms with Crippen LogP contribution in [0.2, 0.25) is 0 Å². The van der Waals surface area contributed by atoms with Crippen molar-refractivity contribution in [1.82, 2.24) is 5.32 Å². The summed E-state index contributed by atoms with van der Waals surface area (Å²) in [6.07, 6.45) is 7.68. The van der Waals surface area contributed by atoms with Gasteiger partial charge in [0.25, 0.3) is 0 Å². The quantitative estimate of drug-likeness (QED) is 0.494. The van der Waals surface area contributed by atoms with Crippen LogP contribution in [0.15, 0.2) is 0 Å². The van der Waals surface area contributed by atoms with E-state index < -0.39 is 0 Å². The first-order valence-corrected chi connectivity index (χ1v) is 5.09. The minimum absolute atomic E-state index is 0.0782. The number of rotatable bonds is 7. The predicted molar refractivity (Wildman–Crippen MR) is 56.8 cm³/mol. The Morgan fingerprint density at radius 2 is 2.29 bits per heavy atom. The highest BCUT2D eigenvalue weighted by molar-refractivity contribution is 5.69. The molecule has 0 aliphatic carbocycles. The maximum Gasteiger partial charge on any atom is 0.307 e. The zero-order valence-electron chi connectivity index (χ0n) is 9.01. The number of nitrogens with one attached hydrogen (secondary N) is 1. The molecule has 0 fully saturated rings. The lowest BCUT2D eigenvalue weighted by Gasteiger charge is -2.10. The third kappa shape index (κ3) is 6.50. The molecule has 0 aromatic carbocycles. The summed E-state index contributed by atoms with van der Waals surface area (Å²) in [6.45, 7) is 4.91. The molecule has 0 saturated carbocycles. The molecule has 1 unspecified atom stereocenters. The van der Waals surface area contributed by atoms with Gasteiger partial charge < -0.3 is 10.1 Å². The van der Waals surface area contributed by atoms with Crippen molar-refractivity contribution in [3.05, 3.63) is 0 Å². The number of esters is 1. The fourth-order valence-corrected chi connectivity index (χ4v) is 1.11. The molecule has 0 aromatic heterocycles. The second-order valence-electron chi connectivity index (χ2n) is 3.02. The first kappa shape index (κ1) is 13.0. The van der Waals surface area contributed by atoms with Gasteiger partial charge in [0.05, 0.1) is 19.1 Å². The molecule has 0 aliphatic rings. The fourth-order valence-electron chi connectivity index (χ4n) is 1.11. The minimum Gasteiger partial charge on any atom is -0.466 e. The van der Waals surface area contributed by atoms with E-state index >= 15 is 0 Å². The molecule has 0 radical (unpaired) electrons. The van der Waals surface area contributed by atoms with E-state index in [4.69, 9.17) is 11.2 Å². The summed E-state index contributed by atoms with van der Waals surface area (Å²) in [5.41, 5.74) is 0. The summed E-state index contributed by atoms with van der Waals surface area (Å²) in [7, 11) is 0. The van der Waals surface area contributed by atoms with Crippen molar-refractivity contribution in [2.75, 3.05) is 13.2 Å². The first-order chi connectivity index (χ1) is 6.74. The molecule has 1 N–H and O–H groups in total. The van der Waals surface area contributed by atoms with Crippen molar-refractivity contribution in [2.24, 2.45) is 0 Å². The molecule has 0 aliphatic heterocycles. The second-order valence-corrected chi connectivity index (χ2v) is 3.02. The van der Waals surface area contributed by atoms with Crippen molar-refractivity contribution in [2.45, 2.75) is 39.2 Å². The van der Waals surface area contributed by atoms with Gasteiger partial charge in [0, 0.05) is 6.54 Å². The molecule has 3 heteroatoms. The van der Waals surface area contributed by atoms with Crippen LogP contribution in [-0.4, -0.2) is 25.2 Å². The molecule has 0 aromatic rings. The molecule has 0 rings (SSSR count). The van der Waals surface area contributed by atoms with Gasteiger partial charge in [0.15, 0.2) is 0 Å². The Morgan fingerprint density at radius 3 is 2.79 bits per heavy atom. The summed E-state index contributed by atoms with van der Waals surface area (Å²) >= 11 is 0. The van der Waals surface area contributed by atoms with Crippen LogP contribution in [-0.2, 0) is 9.53 Å². The van der Waals surface area contributed by atoms with E-state index in [0.29, 0.717) is 19.6 Å². The number of ether oxygens (including phenoxy) is 1. The van der Waals surface area contributed by atoms with Crippen LogP contribution >= 0.6 is 0 Å². The highest BCUT2D eigenvalue weighted by atomic mass is 16.5. The van der Waals surface area contributed by atoms with Crippen LogP contribution in [0.3, 0.4) is 0 Å². The molecule has 0 heterocycles. The molecule has 14 heavy (non-hydrogen) atoms. The van der Waals surface area contributed by atoms with E-state index in [-0.39, 0.29) is 12.0 Å². The van der Waals surface area contributed by atoms with Crippen molar-refractivity contribution in [1.29, 1.82) is 0 Å². The van der Waals surface area contributed by atoms with Crippen molar-refractivity contribution in [3.63, 3.8) is 0 Å². The van der Waals surface area contributed by atoms with Gasteiger partial charge in [0.1, 0.15) is 0 Å². The van der Waals surface area contributed by atoms with Crippen LogP contribution in [0, 0.1) is 12.3 Å². The fraction of sp³-hybridized carbons (Fsp3) is 0.727. The van der Waals surface area contributed by atoms with E-state index in [1.54, 1.807) is 6.92 Å². The third-order valence-corrected chi connectivity index (χ3v) is 1.80. The van der Waals surface area contributed by atoms with E-state index in [2.05, 4.69) is 18.2 Å². The number of carbonyl (C=O) groups excluding carboxylic acids is 1. The zero-order chi connectivity index (χ0) is 10.8. The van der Waals surface area contributed by atoms with Crippen molar-refractivity contribution in [3.8, 4) is 12.3 Å². The predicted octanol–water partition coefficient (Wildman–Crippen LogP) is 1.33. The highest BCUT2D eigenvalue weighted by Gasteiger charge is 2.04. The van der Waals surface area contributed by atoms with Gasteiger partial charge in [-0.2, -0.15) is 0 Å². The molecule has 80 valence electrons. The second kappa shape index (κ2) is 8.58. The normalized spacial score (nSPS) is 11.8. The Labute approximate surface area is 86.2 Å². The van der Waals surface area contributed by atoms with E-state index in [1.807, 2.05) is 0 Å². The molecule has 3 nitrogen and oxygen atoms in total. The SMILES string of the molecule is C#CC(CCC)NCCC(=O)OCC. The maximum atomic E-state index is 11.0. The average molecular weight is 197 g/mol.